The second kappa shape index (κ2) is 9.24. The third-order valence-electron chi connectivity index (χ3n) is 6.13. The van der Waals surface area contributed by atoms with Crippen molar-refractivity contribution in [2.75, 3.05) is 38.2 Å². The molecule has 2 fully saturated rings. The number of sulfonamides is 1. The minimum Gasteiger partial charge on any atom is -0.302 e. The van der Waals surface area contributed by atoms with E-state index in [-0.39, 0.29) is 11.8 Å². The first-order valence-corrected chi connectivity index (χ1v) is 13.7. The van der Waals surface area contributed by atoms with Crippen LogP contribution in [0.3, 0.4) is 0 Å². The number of rotatable bonds is 6. The molecule has 1 atom stereocenters. The number of benzene rings is 1. The summed E-state index contributed by atoms with van der Waals surface area (Å²) in [4.78, 5) is 2.59. The fraction of sp³-hybridized carbons (Fsp3) is 0.700. The SMILES string of the molecule is CS(=O)(=O)N1CCCCCC1C1CCN(CCS(=O)(=O)c2ccccc2)CC1. The molecule has 6 nitrogen and oxygen atoms in total. The van der Waals surface area contributed by atoms with Crippen LogP contribution in [-0.4, -0.2) is 70.3 Å². The maximum absolute atomic E-state index is 12.5. The lowest BCUT2D eigenvalue weighted by Gasteiger charge is -2.39. The molecule has 158 valence electrons. The van der Waals surface area contributed by atoms with Gasteiger partial charge in [0.1, 0.15) is 0 Å². The standard InChI is InChI=1S/C20H32N2O4S2/c1-27(23,24)22-13-7-3-6-10-20(22)18-11-14-21(15-12-18)16-17-28(25,26)19-8-4-2-5-9-19/h2,4-5,8-9,18,20H,3,6-7,10-17H2,1H3. The first-order chi connectivity index (χ1) is 13.3. The number of likely N-dealkylation sites (tertiary alicyclic amines) is 1. The van der Waals surface area contributed by atoms with Crippen LogP contribution < -0.4 is 0 Å². The molecule has 1 aromatic carbocycles. The molecule has 0 N–H and O–H groups in total. The lowest BCUT2D eigenvalue weighted by molar-refractivity contribution is 0.133. The normalized spacial score (nSPS) is 24.1. The van der Waals surface area contributed by atoms with Crippen molar-refractivity contribution in [2.24, 2.45) is 5.92 Å². The number of nitrogens with zero attached hydrogens (tertiary/aromatic N) is 2. The lowest BCUT2D eigenvalue weighted by Crippen LogP contribution is -2.47. The van der Waals surface area contributed by atoms with Gasteiger partial charge in [0.05, 0.1) is 16.9 Å². The summed E-state index contributed by atoms with van der Waals surface area (Å²) >= 11 is 0. The first-order valence-electron chi connectivity index (χ1n) is 10.2. The zero-order valence-corrected chi connectivity index (χ0v) is 18.3. The van der Waals surface area contributed by atoms with E-state index in [0.717, 1.165) is 51.6 Å². The van der Waals surface area contributed by atoms with Crippen LogP contribution in [0.2, 0.25) is 0 Å². The van der Waals surface area contributed by atoms with Crippen LogP contribution in [0.5, 0.6) is 0 Å². The van der Waals surface area contributed by atoms with Crippen molar-refractivity contribution >= 4 is 19.9 Å². The predicted octanol–water partition coefficient (Wildman–Crippen LogP) is 2.38. The van der Waals surface area contributed by atoms with E-state index in [1.807, 2.05) is 6.07 Å². The Labute approximate surface area is 169 Å². The second-order valence-corrected chi connectivity index (χ2v) is 12.1. The molecular weight excluding hydrogens is 396 g/mol. The molecule has 0 bridgehead atoms. The molecule has 0 spiro atoms. The van der Waals surface area contributed by atoms with Gasteiger partial charge < -0.3 is 4.90 Å². The van der Waals surface area contributed by atoms with Gasteiger partial charge >= 0.3 is 0 Å². The van der Waals surface area contributed by atoms with Crippen molar-refractivity contribution in [1.29, 1.82) is 0 Å². The number of hydrogen-bond acceptors (Lipinski definition) is 5. The van der Waals surface area contributed by atoms with Crippen LogP contribution in [0, 0.1) is 5.92 Å². The van der Waals surface area contributed by atoms with Crippen LogP contribution >= 0.6 is 0 Å². The molecular formula is C20H32N2O4S2. The molecule has 3 rings (SSSR count). The van der Waals surface area contributed by atoms with Gasteiger partial charge in [0.25, 0.3) is 0 Å². The van der Waals surface area contributed by atoms with Crippen molar-refractivity contribution in [3.05, 3.63) is 30.3 Å². The molecule has 0 aliphatic carbocycles. The van der Waals surface area contributed by atoms with Crippen molar-refractivity contribution < 1.29 is 16.8 Å². The van der Waals surface area contributed by atoms with Gasteiger partial charge in [-0.15, -0.1) is 0 Å². The fourth-order valence-electron chi connectivity index (χ4n) is 4.55. The fourth-order valence-corrected chi connectivity index (χ4v) is 7.08. The van der Waals surface area contributed by atoms with E-state index in [1.165, 1.54) is 6.26 Å². The summed E-state index contributed by atoms with van der Waals surface area (Å²) in [6, 6.07) is 8.71. The molecule has 0 saturated carbocycles. The molecule has 28 heavy (non-hydrogen) atoms. The summed E-state index contributed by atoms with van der Waals surface area (Å²) < 4.78 is 51.2. The zero-order chi connectivity index (χ0) is 20.2. The van der Waals surface area contributed by atoms with E-state index in [2.05, 4.69) is 4.90 Å². The number of sulfone groups is 1. The third-order valence-corrected chi connectivity index (χ3v) is 9.14. The van der Waals surface area contributed by atoms with Crippen molar-refractivity contribution in [3.63, 3.8) is 0 Å². The molecule has 0 radical (unpaired) electrons. The van der Waals surface area contributed by atoms with E-state index in [4.69, 9.17) is 0 Å². The molecule has 2 saturated heterocycles. The van der Waals surface area contributed by atoms with Crippen LogP contribution in [-0.2, 0) is 19.9 Å². The van der Waals surface area contributed by atoms with E-state index in [9.17, 15) is 16.8 Å². The Morgan fingerprint density at radius 3 is 2.21 bits per heavy atom. The summed E-state index contributed by atoms with van der Waals surface area (Å²) in [7, 11) is -6.44. The molecule has 2 aliphatic heterocycles. The highest BCUT2D eigenvalue weighted by molar-refractivity contribution is 7.91. The summed E-state index contributed by atoms with van der Waals surface area (Å²) in [5, 5.41) is 0. The summed E-state index contributed by atoms with van der Waals surface area (Å²) in [5.74, 6) is 0.496. The van der Waals surface area contributed by atoms with Gasteiger partial charge in [-0.2, -0.15) is 4.31 Å². The van der Waals surface area contributed by atoms with Crippen molar-refractivity contribution in [3.8, 4) is 0 Å². The molecule has 2 heterocycles. The average molecular weight is 429 g/mol. The van der Waals surface area contributed by atoms with Gasteiger partial charge in [-0.05, 0) is 56.8 Å². The highest BCUT2D eigenvalue weighted by Crippen LogP contribution is 2.31. The zero-order valence-electron chi connectivity index (χ0n) is 16.7. The van der Waals surface area contributed by atoms with Crippen LogP contribution in [0.4, 0.5) is 0 Å². The van der Waals surface area contributed by atoms with E-state index in [0.29, 0.717) is 23.9 Å². The van der Waals surface area contributed by atoms with Crippen molar-refractivity contribution in [2.45, 2.75) is 49.5 Å². The van der Waals surface area contributed by atoms with Gasteiger partial charge in [0, 0.05) is 19.1 Å². The van der Waals surface area contributed by atoms with Gasteiger partial charge in [-0.1, -0.05) is 31.0 Å². The molecule has 8 heteroatoms. The van der Waals surface area contributed by atoms with Crippen LogP contribution in [0.25, 0.3) is 0 Å². The van der Waals surface area contributed by atoms with E-state index < -0.39 is 19.9 Å². The molecule has 1 unspecified atom stereocenters. The average Bonchev–Trinajstić information content (AvgIpc) is 2.94. The largest absolute Gasteiger partial charge is 0.302 e. The van der Waals surface area contributed by atoms with Gasteiger partial charge in [0.2, 0.25) is 10.0 Å². The Kier molecular flexibility index (Phi) is 7.17. The Balaban J connectivity index is 1.55. The highest BCUT2D eigenvalue weighted by atomic mass is 32.2. The van der Waals surface area contributed by atoms with Gasteiger partial charge in [0.15, 0.2) is 9.84 Å². The first kappa shape index (κ1) is 21.7. The van der Waals surface area contributed by atoms with Crippen LogP contribution in [0.15, 0.2) is 35.2 Å². The summed E-state index contributed by atoms with van der Waals surface area (Å²) in [5.41, 5.74) is 0. The number of piperidine rings is 1. The maximum Gasteiger partial charge on any atom is 0.211 e. The van der Waals surface area contributed by atoms with Crippen LogP contribution in [0.1, 0.15) is 38.5 Å². The summed E-state index contributed by atoms with van der Waals surface area (Å²) in [6.45, 7) is 2.84. The minimum atomic E-state index is -3.26. The lowest BCUT2D eigenvalue weighted by atomic mass is 9.87. The quantitative estimate of drug-likeness (QED) is 0.695. The molecule has 2 aliphatic rings. The van der Waals surface area contributed by atoms with E-state index >= 15 is 0 Å². The summed E-state index contributed by atoms with van der Waals surface area (Å²) in [6.07, 6.45) is 7.27. The number of hydrogen-bond donors (Lipinski definition) is 0. The van der Waals surface area contributed by atoms with Crippen molar-refractivity contribution in [1.82, 2.24) is 9.21 Å². The van der Waals surface area contributed by atoms with E-state index in [1.54, 1.807) is 28.6 Å². The Morgan fingerprint density at radius 2 is 1.57 bits per heavy atom. The van der Waals surface area contributed by atoms with Gasteiger partial charge in [-0.25, -0.2) is 16.8 Å². The van der Waals surface area contributed by atoms with Gasteiger partial charge in [-0.3, -0.25) is 0 Å². The Hall–Kier alpha value is -0.960. The highest BCUT2D eigenvalue weighted by Gasteiger charge is 2.35. The monoisotopic (exact) mass is 428 g/mol. The molecule has 1 aromatic rings. The Bertz CT molecular complexity index is 832. The maximum atomic E-state index is 12.5. The third kappa shape index (κ3) is 5.55. The second-order valence-electron chi connectivity index (χ2n) is 8.10. The molecule has 0 aromatic heterocycles. The predicted molar refractivity (Wildman–Crippen MR) is 111 cm³/mol. The smallest absolute Gasteiger partial charge is 0.211 e. The Morgan fingerprint density at radius 1 is 0.893 bits per heavy atom. The molecule has 0 amide bonds. The minimum absolute atomic E-state index is 0.104. The topological polar surface area (TPSA) is 74.8 Å².